The number of thiophene rings is 1. The second kappa shape index (κ2) is 6.08. The lowest BCUT2D eigenvalue weighted by Gasteiger charge is -2.39. The smallest absolute Gasteiger partial charge is 0.246 e. The van der Waals surface area contributed by atoms with Gasteiger partial charge in [-0.05, 0) is 53.2 Å². The van der Waals surface area contributed by atoms with Crippen LogP contribution in [0.4, 0.5) is 0 Å². The summed E-state index contributed by atoms with van der Waals surface area (Å²) in [7, 11) is 0. The molecule has 0 aromatic carbocycles. The summed E-state index contributed by atoms with van der Waals surface area (Å²) in [6.45, 7) is 2.58. The summed E-state index contributed by atoms with van der Waals surface area (Å²) >= 11 is 5.08. The standard InChI is InChI=1S/C15H19BrN2O2S/c1-2-3-11-15(20)18(8-10-6-7-12(16)21-10)13(9-4-5-9)14(19)17-11/h6-7,9,11,13H,2-5,8H2,1H3,(H,17,19). The molecule has 0 bridgehead atoms. The van der Waals surface area contributed by atoms with Gasteiger partial charge < -0.3 is 10.2 Å². The Balaban J connectivity index is 1.83. The molecule has 1 N–H and O–H groups in total. The van der Waals surface area contributed by atoms with Gasteiger partial charge in [-0.15, -0.1) is 11.3 Å². The van der Waals surface area contributed by atoms with E-state index >= 15 is 0 Å². The Morgan fingerprint density at radius 2 is 2.14 bits per heavy atom. The van der Waals surface area contributed by atoms with Gasteiger partial charge in [0.15, 0.2) is 0 Å². The summed E-state index contributed by atoms with van der Waals surface area (Å²) in [5.74, 6) is 0.462. The van der Waals surface area contributed by atoms with Gasteiger partial charge in [0.05, 0.1) is 10.3 Å². The topological polar surface area (TPSA) is 49.4 Å². The molecular formula is C15H19BrN2O2S. The molecule has 2 atom stereocenters. The number of halogens is 1. The van der Waals surface area contributed by atoms with Gasteiger partial charge in [0.25, 0.3) is 0 Å². The predicted octanol–water partition coefficient (Wildman–Crippen LogP) is 2.92. The lowest BCUT2D eigenvalue weighted by molar-refractivity contribution is -0.151. The zero-order valence-electron chi connectivity index (χ0n) is 12.0. The molecule has 1 saturated carbocycles. The largest absolute Gasteiger partial charge is 0.342 e. The van der Waals surface area contributed by atoms with Crippen molar-refractivity contribution in [2.75, 3.05) is 0 Å². The Kier molecular flexibility index (Phi) is 4.36. The minimum atomic E-state index is -0.346. The first-order chi connectivity index (χ1) is 10.1. The van der Waals surface area contributed by atoms with Gasteiger partial charge in [-0.25, -0.2) is 0 Å². The number of hydrogen-bond acceptors (Lipinski definition) is 3. The summed E-state index contributed by atoms with van der Waals surface area (Å²) in [6.07, 6.45) is 3.71. The molecule has 1 aromatic heterocycles. The number of amides is 2. The maximum absolute atomic E-state index is 12.7. The van der Waals surface area contributed by atoms with Gasteiger partial charge in [0.1, 0.15) is 12.1 Å². The van der Waals surface area contributed by atoms with Crippen molar-refractivity contribution in [2.45, 2.75) is 51.2 Å². The van der Waals surface area contributed by atoms with Crippen molar-refractivity contribution in [1.82, 2.24) is 10.2 Å². The van der Waals surface area contributed by atoms with Crippen LogP contribution < -0.4 is 5.32 Å². The molecule has 1 aliphatic heterocycles. The highest BCUT2D eigenvalue weighted by Gasteiger charge is 2.47. The van der Waals surface area contributed by atoms with Crippen LogP contribution >= 0.6 is 27.3 Å². The lowest BCUT2D eigenvalue weighted by Crippen LogP contribution is -2.63. The van der Waals surface area contributed by atoms with Gasteiger partial charge in [0.2, 0.25) is 11.8 Å². The Hall–Kier alpha value is -0.880. The normalized spacial score (nSPS) is 26.1. The summed E-state index contributed by atoms with van der Waals surface area (Å²) in [5, 5.41) is 2.92. The van der Waals surface area contributed by atoms with Crippen molar-refractivity contribution in [3.63, 3.8) is 0 Å². The Bertz CT molecular complexity index is 556. The molecule has 2 amide bonds. The van der Waals surface area contributed by atoms with Gasteiger partial charge >= 0.3 is 0 Å². The molecule has 21 heavy (non-hydrogen) atoms. The number of carbonyl (C=O) groups excluding carboxylic acids is 2. The third kappa shape index (κ3) is 3.16. The SMILES string of the molecule is CCCC1NC(=O)C(C2CC2)N(Cc2ccc(Br)s2)C1=O. The highest BCUT2D eigenvalue weighted by molar-refractivity contribution is 9.11. The molecule has 1 saturated heterocycles. The van der Waals surface area contributed by atoms with Crippen LogP contribution in [-0.4, -0.2) is 28.8 Å². The molecule has 0 spiro atoms. The maximum Gasteiger partial charge on any atom is 0.246 e. The number of piperazine rings is 1. The molecule has 2 fully saturated rings. The van der Waals surface area contributed by atoms with Gasteiger partial charge in [0, 0.05) is 4.88 Å². The van der Waals surface area contributed by atoms with E-state index in [4.69, 9.17) is 0 Å². The summed E-state index contributed by atoms with van der Waals surface area (Å²) < 4.78 is 1.06. The highest BCUT2D eigenvalue weighted by atomic mass is 79.9. The lowest BCUT2D eigenvalue weighted by atomic mass is 10.0. The number of hydrogen-bond donors (Lipinski definition) is 1. The molecule has 2 aliphatic rings. The van der Waals surface area contributed by atoms with Crippen LogP contribution in [0.15, 0.2) is 15.9 Å². The molecule has 1 aromatic rings. The second-order valence-electron chi connectivity index (χ2n) is 5.80. The van der Waals surface area contributed by atoms with E-state index in [1.54, 1.807) is 11.3 Å². The van der Waals surface area contributed by atoms with Crippen molar-refractivity contribution in [3.8, 4) is 0 Å². The molecule has 114 valence electrons. The van der Waals surface area contributed by atoms with E-state index in [0.29, 0.717) is 18.9 Å². The quantitative estimate of drug-likeness (QED) is 0.865. The zero-order valence-corrected chi connectivity index (χ0v) is 14.4. The van der Waals surface area contributed by atoms with Crippen LogP contribution in [0, 0.1) is 5.92 Å². The van der Waals surface area contributed by atoms with E-state index in [2.05, 4.69) is 21.2 Å². The third-order valence-electron chi connectivity index (χ3n) is 4.10. The van der Waals surface area contributed by atoms with Gasteiger partial charge in [-0.2, -0.15) is 0 Å². The fourth-order valence-corrected chi connectivity index (χ4v) is 4.43. The fourth-order valence-electron chi connectivity index (χ4n) is 2.94. The molecule has 2 heterocycles. The van der Waals surface area contributed by atoms with Crippen LogP contribution in [-0.2, 0) is 16.1 Å². The minimum Gasteiger partial charge on any atom is -0.342 e. The minimum absolute atomic E-state index is 0.0335. The maximum atomic E-state index is 12.7. The van der Waals surface area contributed by atoms with Gasteiger partial charge in [-0.1, -0.05) is 13.3 Å². The summed E-state index contributed by atoms with van der Waals surface area (Å²) in [5.41, 5.74) is 0. The number of nitrogens with one attached hydrogen (secondary N) is 1. The average molecular weight is 371 g/mol. The molecule has 4 nitrogen and oxygen atoms in total. The highest BCUT2D eigenvalue weighted by Crippen LogP contribution is 2.38. The van der Waals surface area contributed by atoms with Crippen LogP contribution in [0.5, 0.6) is 0 Å². The third-order valence-corrected chi connectivity index (χ3v) is 5.71. The monoisotopic (exact) mass is 370 g/mol. The van der Waals surface area contributed by atoms with Crippen LogP contribution in [0.2, 0.25) is 0 Å². The van der Waals surface area contributed by atoms with Crippen LogP contribution in [0.1, 0.15) is 37.5 Å². The summed E-state index contributed by atoms with van der Waals surface area (Å²) in [4.78, 5) is 28.1. The zero-order chi connectivity index (χ0) is 15.0. The molecule has 2 unspecified atom stereocenters. The van der Waals surface area contributed by atoms with Crippen LogP contribution in [0.25, 0.3) is 0 Å². The van der Waals surface area contributed by atoms with E-state index in [0.717, 1.165) is 27.9 Å². The van der Waals surface area contributed by atoms with Crippen molar-refractivity contribution >= 4 is 39.1 Å². The fraction of sp³-hybridized carbons (Fsp3) is 0.600. The van der Waals surface area contributed by atoms with E-state index in [1.165, 1.54) is 0 Å². The van der Waals surface area contributed by atoms with E-state index in [1.807, 2.05) is 24.0 Å². The molecule has 0 radical (unpaired) electrons. The van der Waals surface area contributed by atoms with Crippen LogP contribution in [0.3, 0.4) is 0 Å². The van der Waals surface area contributed by atoms with E-state index in [9.17, 15) is 9.59 Å². The average Bonchev–Trinajstić information content (AvgIpc) is 3.18. The first-order valence-corrected chi connectivity index (χ1v) is 9.06. The van der Waals surface area contributed by atoms with Crippen molar-refractivity contribution in [2.24, 2.45) is 5.92 Å². The number of nitrogens with zero attached hydrogens (tertiary/aromatic N) is 1. The van der Waals surface area contributed by atoms with Crippen molar-refractivity contribution < 1.29 is 9.59 Å². The Morgan fingerprint density at radius 3 is 2.71 bits per heavy atom. The number of carbonyl (C=O) groups is 2. The first-order valence-electron chi connectivity index (χ1n) is 7.45. The molecule has 6 heteroatoms. The second-order valence-corrected chi connectivity index (χ2v) is 8.35. The Morgan fingerprint density at radius 1 is 1.38 bits per heavy atom. The molecular weight excluding hydrogens is 352 g/mol. The van der Waals surface area contributed by atoms with Crippen molar-refractivity contribution in [1.29, 1.82) is 0 Å². The molecule has 1 aliphatic carbocycles. The first kappa shape index (κ1) is 15.0. The molecule has 3 rings (SSSR count). The van der Waals surface area contributed by atoms with Gasteiger partial charge in [-0.3, -0.25) is 9.59 Å². The number of rotatable bonds is 5. The van der Waals surface area contributed by atoms with E-state index in [-0.39, 0.29) is 23.9 Å². The predicted molar refractivity (Wildman–Crippen MR) is 85.9 cm³/mol. The van der Waals surface area contributed by atoms with E-state index < -0.39 is 0 Å². The van der Waals surface area contributed by atoms with Crippen molar-refractivity contribution in [3.05, 3.63) is 20.8 Å². The summed E-state index contributed by atoms with van der Waals surface area (Å²) in [6, 6.07) is 3.39. The Labute approximate surface area is 137 Å².